The molecule has 2 aromatic carbocycles. The van der Waals surface area contributed by atoms with Crippen LogP contribution in [0, 0.1) is 12.1 Å². The molecular formula is C13H12N2O. The van der Waals surface area contributed by atoms with Gasteiger partial charge in [0.2, 0.25) is 5.69 Å². The number of benzene rings is 2. The average molecular weight is 212 g/mol. The van der Waals surface area contributed by atoms with Crippen molar-refractivity contribution in [3.05, 3.63) is 65.4 Å². The molecule has 0 radical (unpaired) electrons. The van der Waals surface area contributed by atoms with E-state index < -0.39 is 0 Å². The van der Waals surface area contributed by atoms with E-state index in [2.05, 4.69) is 5.11 Å². The Hall–Kier alpha value is -2.16. The third-order valence-electron chi connectivity index (χ3n) is 2.28. The third-order valence-corrected chi connectivity index (χ3v) is 2.28. The predicted molar refractivity (Wildman–Crippen MR) is 63.0 cm³/mol. The fourth-order valence-corrected chi connectivity index (χ4v) is 1.43. The SMILES string of the molecule is Cc1ccccc1[N+]([O-])=Nc1ccccc1. The Morgan fingerprint density at radius 2 is 1.56 bits per heavy atom. The van der Waals surface area contributed by atoms with Crippen LogP contribution in [0.3, 0.4) is 0 Å². The van der Waals surface area contributed by atoms with Crippen molar-refractivity contribution >= 4 is 11.4 Å². The maximum absolute atomic E-state index is 11.8. The second-order valence-electron chi connectivity index (χ2n) is 3.49. The highest BCUT2D eigenvalue weighted by atomic mass is 16.5. The lowest BCUT2D eigenvalue weighted by Crippen LogP contribution is -1.92. The van der Waals surface area contributed by atoms with Crippen LogP contribution in [-0.2, 0) is 0 Å². The van der Waals surface area contributed by atoms with Gasteiger partial charge in [-0.2, -0.15) is 0 Å². The molecule has 3 heteroatoms. The van der Waals surface area contributed by atoms with Crippen LogP contribution in [-0.4, -0.2) is 4.86 Å². The molecule has 0 saturated carbocycles. The molecule has 0 N–H and O–H groups in total. The summed E-state index contributed by atoms with van der Waals surface area (Å²) in [5, 5.41) is 15.8. The summed E-state index contributed by atoms with van der Waals surface area (Å²) in [5.41, 5.74) is 2.14. The Balaban J connectivity index is 2.36. The first kappa shape index (κ1) is 10.4. The van der Waals surface area contributed by atoms with Crippen LogP contribution in [0.1, 0.15) is 5.56 Å². The summed E-state index contributed by atoms with van der Waals surface area (Å²) in [5.74, 6) is 0. The smallest absolute Gasteiger partial charge is 0.247 e. The van der Waals surface area contributed by atoms with Gasteiger partial charge in [0.25, 0.3) is 0 Å². The van der Waals surface area contributed by atoms with E-state index in [-0.39, 0.29) is 0 Å². The van der Waals surface area contributed by atoms with Gasteiger partial charge in [-0.15, -0.1) is 0 Å². The van der Waals surface area contributed by atoms with Gasteiger partial charge < -0.3 is 5.21 Å². The summed E-state index contributed by atoms with van der Waals surface area (Å²) in [7, 11) is 0. The highest BCUT2D eigenvalue weighted by molar-refractivity contribution is 5.39. The summed E-state index contributed by atoms with van der Waals surface area (Å²) in [6.45, 7) is 1.89. The zero-order valence-electron chi connectivity index (χ0n) is 9.00. The quantitative estimate of drug-likeness (QED) is 0.422. The largest absolute Gasteiger partial charge is 0.594 e. The summed E-state index contributed by atoms with van der Waals surface area (Å²) in [6.07, 6.45) is 0. The van der Waals surface area contributed by atoms with Gasteiger partial charge in [-0.05, 0) is 23.9 Å². The van der Waals surface area contributed by atoms with E-state index in [9.17, 15) is 5.21 Å². The minimum atomic E-state index is 0.575. The minimum Gasteiger partial charge on any atom is -0.594 e. The summed E-state index contributed by atoms with van der Waals surface area (Å²) < 4.78 is 0. The first-order valence-electron chi connectivity index (χ1n) is 5.07. The van der Waals surface area contributed by atoms with Crippen LogP contribution in [0.4, 0.5) is 11.4 Å². The first-order chi connectivity index (χ1) is 7.77. The Morgan fingerprint density at radius 1 is 0.938 bits per heavy atom. The number of rotatable bonds is 2. The summed E-state index contributed by atoms with van der Waals surface area (Å²) in [4.78, 5) is 0.657. The van der Waals surface area contributed by atoms with E-state index >= 15 is 0 Å². The average Bonchev–Trinajstić information content (AvgIpc) is 2.31. The van der Waals surface area contributed by atoms with Crippen LogP contribution in [0.15, 0.2) is 59.7 Å². The molecule has 16 heavy (non-hydrogen) atoms. The predicted octanol–water partition coefficient (Wildman–Crippen LogP) is 3.92. The van der Waals surface area contributed by atoms with E-state index in [4.69, 9.17) is 0 Å². The van der Waals surface area contributed by atoms with Crippen molar-refractivity contribution in [3.63, 3.8) is 0 Å². The minimum absolute atomic E-state index is 0.575. The number of azo groups is 1. The Bertz CT molecular complexity index is 506. The van der Waals surface area contributed by atoms with Gasteiger partial charge in [0.1, 0.15) is 5.69 Å². The highest BCUT2D eigenvalue weighted by Gasteiger charge is 2.06. The fourth-order valence-electron chi connectivity index (χ4n) is 1.43. The molecule has 0 bridgehead atoms. The van der Waals surface area contributed by atoms with Crippen LogP contribution < -0.4 is 0 Å². The zero-order valence-corrected chi connectivity index (χ0v) is 9.00. The molecule has 2 rings (SSSR count). The molecule has 80 valence electrons. The molecule has 0 heterocycles. The summed E-state index contributed by atoms with van der Waals surface area (Å²) >= 11 is 0. The maximum Gasteiger partial charge on any atom is 0.247 e. The van der Waals surface area contributed by atoms with Crippen LogP contribution in [0.5, 0.6) is 0 Å². The number of hydrogen-bond donors (Lipinski definition) is 0. The van der Waals surface area contributed by atoms with Crippen molar-refractivity contribution in [1.82, 2.24) is 0 Å². The molecule has 0 atom stereocenters. The van der Waals surface area contributed by atoms with Gasteiger partial charge in [-0.1, -0.05) is 36.4 Å². The molecular weight excluding hydrogens is 200 g/mol. The van der Waals surface area contributed by atoms with Crippen LogP contribution >= 0.6 is 0 Å². The van der Waals surface area contributed by atoms with Gasteiger partial charge in [0.05, 0.1) is 0 Å². The monoisotopic (exact) mass is 212 g/mol. The van der Waals surface area contributed by atoms with Crippen LogP contribution in [0.25, 0.3) is 0 Å². The first-order valence-corrected chi connectivity index (χ1v) is 5.07. The van der Waals surface area contributed by atoms with E-state index in [0.29, 0.717) is 16.2 Å². The number of nitrogens with zero attached hydrogens (tertiary/aromatic N) is 2. The molecule has 3 nitrogen and oxygen atoms in total. The normalized spacial score (nSPS) is 11.4. The molecule has 0 unspecified atom stereocenters. The van der Waals surface area contributed by atoms with Gasteiger partial charge in [-0.25, -0.2) is 0 Å². The van der Waals surface area contributed by atoms with E-state index in [1.54, 1.807) is 18.2 Å². The molecule has 0 saturated heterocycles. The van der Waals surface area contributed by atoms with E-state index in [0.717, 1.165) is 5.56 Å². The number of para-hydroxylation sites is 1. The lowest BCUT2D eigenvalue weighted by Gasteiger charge is -2.01. The lowest BCUT2D eigenvalue weighted by atomic mass is 10.2. The van der Waals surface area contributed by atoms with Gasteiger partial charge in [-0.3, -0.25) is 0 Å². The van der Waals surface area contributed by atoms with Crippen molar-refractivity contribution in [2.24, 2.45) is 5.11 Å². The number of hydrogen-bond acceptors (Lipinski definition) is 2. The van der Waals surface area contributed by atoms with Crippen molar-refractivity contribution in [1.29, 1.82) is 0 Å². The molecule has 0 spiro atoms. The molecule has 0 aliphatic carbocycles. The van der Waals surface area contributed by atoms with Crippen molar-refractivity contribution in [2.45, 2.75) is 6.92 Å². The molecule has 2 aromatic rings. The molecule has 0 aliphatic heterocycles. The highest BCUT2D eigenvalue weighted by Crippen LogP contribution is 2.20. The Kier molecular flexibility index (Phi) is 2.96. The van der Waals surface area contributed by atoms with Crippen molar-refractivity contribution in [3.8, 4) is 0 Å². The second kappa shape index (κ2) is 4.57. The number of aryl methyl sites for hydroxylation is 1. The van der Waals surface area contributed by atoms with Gasteiger partial charge >= 0.3 is 0 Å². The maximum atomic E-state index is 11.8. The van der Waals surface area contributed by atoms with Crippen molar-refractivity contribution < 1.29 is 4.86 Å². The zero-order chi connectivity index (χ0) is 11.4. The summed E-state index contributed by atoms with van der Waals surface area (Å²) in [6, 6.07) is 16.6. The molecule has 0 aliphatic rings. The van der Waals surface area contributed by atoms with Crippen LogP contribution in [0.2, 0.25) is 0 Å². The Morgan fingerprint density at radius 3 is 2.25 bits per heavy atom. The van der Waals surface area contributed by atoms with Gasteiger partial charge in [0, 0.05) is 16.7 Å². The van der Waals surface area contributed by atoms with Gasteiger partial charge in [0.15, 0.2) is 0 Å². The lowest BCUT2D eigenvalue weighted by molar-refractivity contribution is -0.435. The second-order valence-corrected chi connectivity index (χ2v) is 3.49. The molecule has 0 aromatic heterocycles. The third kappa shape index (κ3) is 2.25. The Labute approximate surface area is 94.3 Å². The van der Waals surface area contributed by atoms with E-state index in [1.165, 1.54) is 0 Å². The molecule has 0 fully saturated rings. The standard InChI is InChI=1S/C13H12N2O/c1-11-7-5-6-10-13(11)15(16)14-12-8-3-2-4-9-12/h2-10H,1H3. The van der Waals surface area contributed by atoms with Crippen molar-refractivity contribution in [2.75, 3.05) is 0 Å². The van der Waals surface area contributed by atoms with E-state index in [1.807, 2.05) is 43.3 Å². The fraction of sp³-hybridized carbons (Fsp3) is 0.0769. The molecule has 0 amide bonds. The topological polar surface area (TPSA) is 38.4 Å².